The molecule has 1 atom stereocenters. The molecular formula is C23H25N3O7S. The predicted molar refractivity (Wildman–Crippen MR) is 123 cm³/mol. The molecule has 11 heteroatoms. The van der Waals surface area contributed by atoms with Gasteiger partial charge in [0.1, 0.15) is 5.75 Å². The molecule has 2 aliphatic heterocycles. The van der Waals surface area contributed by atoms with Crippen molar-refractivity contribution in [3.63, 3.8) is 0 Å². The average Bonchev–Trinajstić information content (AvgIpc) is 3.46. The van der Waals surface area contributed by atoms with Gasteiger partial charge in [-0.15, -0.1) is 0 Å². The van der Waals surface area contributed by atoms with Crippen LogP contribution in [-0.2, 0) is 24.3 Å². The van der Waals surface area contributed by atoms with Gasteiger partial charge >= 0.3 is 0 Å². The fourth-order valence-electron chi connectivity index (χ4n) is 3.94. The highest BCUT2D eigenvalue weighted by Crippen LogP contribution is 2.35. The van der Waals surface area contributed by atoms with E-state index in [9.17, 15) is 22.8 Å². The van der Waals surface area contributed by atoms with Crippen LogP contribution in [-0.4, -0.2) is 52.5 Å². The van der Waals surface area contributed by atoms with Gasteiger partial charge in [-0.25, -0.2) is 13.3 Å². The van der Waals surface area contributed by atoms with Crippen molar-refractivity contribution in [2.45, 2.75) is 36.7 Å². The molecule has 0 radical (unpaired) electrons. The Morgan fingerprint density at radius 1 is 1.15 bits per heavy atom. The number of nitrogens with zero attached hydrogens (tertiary/aromatic N) is 1. The Kier molecular flexibility index (Phi) is 6.85. The van der Waals surface area contributed by atoms with Crippen LogP contribution in [0.5, 0.6) is 5.75 Å². The number of anilines is 2. The minimum absolute atomic E-state index is 0.0472. The number of sulfonamides is 1. The number of rotatable bonds is 8. The third kappa shape index (κ3) is 4.90. The number of nitrogens with one attached hydrogen (secondary N) is 2. The van der Waals surface area contributed by atoms with Crippen LogP contribution in [0.2, 0.25) is 0 Å². The number of carbonyl (C=O) groups excluding carboxylic acids is 3. The van der Waals surface area contributed by atoms with E-state index >= 15 is 0 Å². The molecule has 2 heterocycles. The van der Waals surface area contributed by atoms with E-state index in [1.807, 2.05) is 0 Å². The molecule has 0 saturated carbocycles. The van der Waals surface area contributed by atoms with E-state index in [-0.39, 0.29) is 46.5 Å². The molecule has 180 valence electrons. The van der Waals surface area contributed by atoms with Crippen molar-refractivity contribution in [1.82, 2.24) is 5.32 Å². The number of para-hydroxylation sites is 1. The van der Waals surface area contributed by atoms with Gasteiger partial charge in [0.2, 0.25) is 11.8 Å². The van der Waals surface area contributed by atoms with Gasteiger partial charge in [-0.1, -0.05) is 12.1 Å². The van der Waals surface area contributed by atoms with Crippen molar-refractivity contribution < 1.29 is 32.3 Å². The Labute approximate surface area is 197 Å². The number of imide groups is 1. The Hall–Kier alpha value is -3.44. The third-order valence-corrected chi connectivity index (χ3v) is 7.05. The van der Waals surface area contributed by atoms with E-state index in [2.05, 4.69) is 10.0 Å². The summed E-state index contributed by atoms with van der Waals surface area (Å²) in [7, 11) is -2.81. The predicted octanol–water partition coefficient (Wildman–Crippen LogP) is 2.06. The number of carbonyl (C=O) groups is 3. The van der Waals surface area contributed by atoms with Crippen LogP contribution in [0.3, 0.4) is 0 Å². The standard InChI is InChI=1S/C23H25N3O7S/c1-32-20-9-8-16(13-19(20)26-21(27)10-11-22(26)28)34(30,31)25-18-7-3-2-6-17(18)23(29)24-14-15-5-4-12-33-15/h2-3,6-9,13,15,25H,4-5,10-12,14H2,1H3,(H,24,29)/t15-/m0/s1. The number of methoxy groups -OCH3 is 1. The first-order valence-corrected chi connectivity index (χ1v) is 12.3. The van der Waals surface area contributed by atoms with Gasteiger partial charge in [-0.3, -0.25) is 19.1 Å². The zero-order valence-electron chi connectivity index (χ0n) is 18.6. The van der Waals surface area contributed by atoms with Crippen molar-refractivity contribution in [3.05, 3.63) is 48.0 Å². The van der Waals surface area contributed by atoms with Gasteiger partial charge in [-0.05, 0) is 43.2 Å². The van der Waals surface area contributed by atoms with Crippen molar-refractivity contribution in [1.29, 1.82) is 0 Å². The van der Waals surface area contributed by atoms with Gasteiger partial charge < -0.3 is 14.8 Å². The third-order valence-electron chi connectivity index (χ3n) is 5.68. The second-order valence-corrected chi connectivity index (χ2v) is 9.64. The lowest BCUT2D eigenvalue weighted by Crippen LogP contribution is -2.32. The maximum Gasteiger partial charge on any atom is 0.261 e. The van der Waals surface area contributed by atoms with Gasteiger partial charge in [0.05, 0.1) is 35.0 Å². The Morgan fingerprint density at radius 3 is 2.56 bits per heavy atom. The van der Waals surface area contributed by atoms with Crippen LogP contribution < -0.4 is 19.7 Å². The van der Waals surface area contributed by atoms with E-state index in [0.717, 1.165) is 17.7 Å². The molecule has 2 aromatic rings. The minimum atomic E-state index is -4.17. The number of hydrogen-bond acceptors (Lipinski definition) is 7. The highest BCUT2D eigenvalue weighted by molar-refractivity contribution is 7.92. The lowest BCUT2D eigenvalue weighted by molar-refractivity contribution is -0.121. The molecule has 4 rings (SSSR count). The van der Waals surface area contributed by atoms with E-state index in [4.69, 9.17) is 9.47 Å². The summed E-state index contributed by atoms with van der Waals surface area (Å²) in [5.74, 6) is -1.10. The molecule has 2 aliphatic rings. The highest BCUT2D eigenvalue weighted by atomic mass is 32.2. The summed E-state index contributed by atoms with van der Waals surface area (Å²) in [4.78, 5) is 37.9. The summed E-state index contributed by atoms with van der Waals surface area (Å²) in [6.07, 6.45) is 1.84. The SMILES string of the molecule is COc1ccc(S(=O)(=O)Nc2ccccc2C(=O)NC[C@@H]2CCCO2)cc1N1C(=O)CCC1=O. The molecule has 2 N–H and O–H groups in total. The second-order valence-electron chi connectivity index (χ2n) is 7.95. The molecule has 2 saturated heterocycles. The van der Waals surface area contributed by atoms with Crippen molar-refractivity contribution in [3.8, 4) is 5.75 Å². The van der Waals surface area contributed by atoms with Crippen LogP contribution in [0.25, 0.3) is 0 Å². The summed E-state index contributed by atoms with van der Waals surface area (Å²) in [5, 5.41) is 2.78. The normalized spacial score (nSPS) is 18.3. The summed E-state index contributed by atoms with van der Waals surface area (Å²) in [5.41, 5.74) is 0.307. The lowest BCUT2D eigenvalue weighted by Gasteiger charge is -2.19. The summed E-state index contributed by atoms with van der Waals surface area (Å²) < 4.78 is 39.5. The van der Waals surface area contributed by atoms with E-state index in [1.165, 1.54) is 37.4 Å². The lowest BCUT2D eigenvalue weighted by atomic mass is 10.1. The number of hydrogen-bond donors (Lipinski definition) is 2. The first kappa shape index (κ1) is 23.7. The molecule has 0 spiro atoms. The number of benzene rings is 2. The first-order chi connectivity index (χ1) is 16.3. The zero-order valence-corrected chi connectivity index (χ0v) is 19.4. The van der Waals surface area contributed by atoms with E-state index in [0.29, 0.717) is 13.2 Å². The number of ether oxygens (including phenoxy) is 2. The monoisotopic (exact) mass is 487 g/mol. The maximum absolute atomic E-state index is 13.2. The highest BCUT2D eigenvalue weighted by Gasteiger charge is 2.33. The topological polar surface area (TPSA) is 131 Å². The van der Waals surface area contributed by atoms with Gasteiger partial charge in [0.25, 0.3) is 15.9 Å². The molecule has 34 heavy (non-hydrogen) atoms. The van der Waals surface area contributed by atoms with Crippen LogP contribution in [0.4, 0.5) is 11.4 Å². The first-order valence-electron chi connectivity index (χ1n) is 10.9. The molecule has 3 amide bonds. The van der Waals surface area contributed by atoms with Crippen LogP contribution in [0, 0.1) is 0 Å². The van der Waals surface area contributed by atoms with Gasteiger partial charge in [0, 0.05) is 26.0 Å². The largest absolute Gasteiger partial charge is 0.495 e. The van der Waals surface area contributed by atoms with Gasteiger partial charge in [0.15, 0.2) is 0 Å². The molecule has 2 aromatic carbocycles. The molecular weight excluding hydrogens is 462 g/mol. The smallest absolute Gasteiger partial charge is 0.261 e. The van der Waals surface area contributed by atoms with E-state index in [1.54, 1.807) is 12.1 Å². The van der Waals surface area contributed by atoms with E-state index < -0.39 is 27.7 Å². The van der Waals surface area contributed by atoms with Gasteiger partial charge in [-0.2, -0.15) is 0 Å². The Balaban J connectivity index is 1.59. The fraction of sp³-hybridized carbons (Fsp3) is 0.348. The molecule has 0 bridgehead atoms. The zero-order chi connectivity index (χ0) is 24.3. The maximum atomic E-state index is 13.2. The fourth-order valence-corrected chi connectivity index (χ4v) is 5.04. The van der Waals surface area contributed by atoms with Crippen molar-refractivity contribution >= 4 is 39.1 Å². The number of amides is 3. The minimum Gasteiger partial charge on any atom is -0.495 e. The van der Waals surface area contributed by atoms with Crippen LogP contribution in [0.15, 0.2) is 47.4 Å². The average molecular weight is 488 g/mol. The van der Waals surface area contributed by atoms with Crippen LogP contribution in [0.1, 0.15) is 36.0 Å². The quantitative estimate of drug-likeness (QED) is 0.545. The van der Waals surface area contributed by atoms with Crippen molar-refractivity contribution in [2.24, 2.45) is 0 Å². The summed E-state index contributed by atoms with van der Waals surface area (Å²) in [6.45, 7) is 0.995. The Bertz CT molecular complexity index is 1210. The molecule has 0 unspecified atom stereocenters. The summed E-state index contributed by atoms with van der Waals surface area (Å²) in [6, 6.07) is 10.1. The van der Waals surface area contributed by atoms with Crippen LogP contribution >= 0.6 is 0 Å². The summed E-state index contributed by atoms with van der Waals surface area (Å²) >= 11 is 0. The Morgan fingerprint density at radius 2 is 1.88 bits per heavy atom. The second kappa shape index (κ2) is 9.82. The molecule has 0 aromatic heterocycles. The molecule has 2 fully saturated rings. The molecule has 0 aliphatic carbocycles. The van der Waals surface area contributed by atoms with Crippen molar-refractivity contribution in [2.75, 3.05) is 29.9 Å². The molecule has 10 nitrogen and oxygen atoms in total.